The summed E-state index contributed by atoms with van der Waals surface area (Å²) in [6, 6.07) is 6.89. The highest BCUT2D eigenvalue weighted by atomic mass is 19.1. The van der Waals surface area contributed by atoms with Gasteiger partial charge in [-0.3, -0.25) is 0 Å². The van der Waals surface area contributed by atoms with Crippen LogP contribution in [0.4, 0.5) is 10.1 Å². The molecular formula is C14H23FN2. The minimum absolute atomic E-state index is 0.155. The first kappa shape index (κ1) is 14.0. The third-order valence-corrected chi connectivity index (χ3v) is 2.79. The van der Waals surface area contributed by atoms with Crippen LogP contribution in [0.1, 0.15) is 20.3 Å². The molecular weight excluding hydrogens is 215 g/mol. The summed E-state index contributed by atoms with van der Waals surface area (Å²) < 4.78 is 13.5. The van der Waals surface area contributed by atoms with Gasteiger partial charge in [-0.05, 0) is 31.0 Å². The largest absolute Gasteiger partial charge is 0.371 e. The molecule has 0 unspecified atom stereocenters. The van der Waals surface area contributed by atoms with Crippen molar-refractivity contribution in [3.63, 3.8) is 0 Å². The van der Waals surface area contributed by atoms with E-state index in [1.807, 2.05) is 24.1 Å². The van der Waals surface area contributed by atoms with Gasteiger partial charge >= 0.3 is 0 Å². The van der Waals surface area contributed by atoms with Crippen LogP contribution in [-0.4, -0.2) is 26.7 Å². The van der Waals surface area contributed by atoms with Crippen LogP contribution in [0.5, 0.6) is 0 Å². The molecule has 0 bridgehead atoms. The summed E-state index contributed by atoms with van der Waals surface area (Å²) in [6.45, 7) is 7.17. The lowest BCUT2D eigenvalue weighted by Crippen LogP contribution is -2.30. The van der Waals surface area contributed by atoms with E-state index in [9.17, 15) is 4.39 Å². The molecule has 1 N–H and O–H groups in total. The first-order chi connectivity index (χ1) is 8.11. The fourth-order valence-electron chi connectivity index (χ4n) is 1.64. The van der Waals surface area contributed by atoms with Crippen LogP contribution in [0.2, 0.25) is 0 Å². The minimum Gasteiger partial charge on any atom is -0.371 e. The Labute approximate surface area is 104 Å². The SMILES string of the molecule is CC(C)CCNCCN(C)c1ccccc1F. The summed E-state index contributed by atoms with van der Waals surface area (Å²) in [5.41, 5.74) is 0.665. The highest BCUT2D eigenvalue weighted by Gasteiger charge is 2.05. The molecule has 0 heterocycles. The van der Waals surface area contributed by atoms with Crippen molar-refractivity contribution < 1.29 is 4.39 Å². The predicted octanol–water partition coefficient (Wildman–Crippen LogP) is 2.90. The van der Waals surface area contributed by atoms with E-state index in [4.69, 9.17) is 0 Å². The number of para-hydroxylation sites is 1. The van der Waals surface area contributed by atoms with Crippen LogP contribution >= 0.6 is 0 Å². The van der Waals surface area contributed by atoms with Crippen LogP contribution in [0.25, 0.3) is 0 Å². The Balaban J connectivity index is 2.26. The first-order valence-electron chi connectivity index (χ1n) is 6.27. The molecule has 2 nitrogen and oxygen atoms in total. The number of hydrogen-bond acceptors (Lipinski definition) is 2. The van der Waals surface area contributed by atoms with Crippen LogP contribution in [-0.2, 0) is 0 Å². The average molecular weight is 238 g/mol. The molecule has 1 aromatic rings. The van der Waals surface area contributed by atoms with E-state index in [1.165, 1.54) is 12.5 Å². The molecule has 0 atom stereocenters. The van der Waals surface area contributed by atoms with Crippen molar-refractivity contribution >= 4 is 5.69 Å². The number of likely N-dealkylation sites (N-methyl/N-ethyl adjacent to an activating group) is 1. The van der Waals surface area contributed by atoms with Crippen LogP contribution in [0.15, 0.2) is 24.3 Å². The second-order valence-corrected chi connectivity index (χ2v) is 4.81. The summed E-state index contributed by atoms with van der Waals surface area (Å²) >= 11 is 0. The normalized spacial score (nSPS) is 10.9. The van der Waals surface area contributed by atoms with E-state index in [0.29, 0.717) is 5.69 Å². The van der Waals surface area contributed by atoms with Crippen molar-refractivity contribution in [2.75, 3.05) is 31.6 Å². The van der Waals surface area contributed by atoms with Gasteiger partial charge in [0.1, 0.15) is 5.82 Å². The average Bonchev–Trinajstić information content (AvgIpc) is 2.28. The van der Waals surface area contributed by atoms with E-state index in [1.54, 1.807) is 6.07 Å². The Kier molecular flexibility index (Phi) is 5.98. The summed E-state index contributed by atoms with van der Waals surface area (Å²) in [4.78, 5) is 1.94. The molecule has 0 fully saturated rings. The minimum atomic E-state index is -0.155. The molecule has 0 saturated heterocycles. The molecule has 1 aromatic carbocycles. The van der Waals surface area contributed by atoms with Crippen LogP contribution < -0.4 is 10.2 Å². The molecule has 0 aromatic heterocycles. The zero-order chi connectivity index (χ0) is 12.7. The van der Waals surface area contributed by atoms with Crippen molar-refractivity contribution in [3.8, 4) is 0 Å². The quantitative estimate of drug-likeness (QED) is 0.735. The molecule has 0 amide bonds. The number of benzene rings is 1. The van der Waals surface area contributed by atoms with Gasteiger partial charge in [0.05, 0.1) is 5.69 Å². The lowest BCUT2D eigenvalue weighted by atomic mass is 10.1. The van der Waals surface area contributed by atoms with Crippen molar-refractivity contribution in [2.45, 2.75) is 20.3 Å². The van der Waals surface area contributed by atoms with Crippen molar-refractivity contribution in [3.05, 3.63) is 30.1 Å². The van der Waals surface area contributed by atoms with Gasteiger partial charge in [0.2, 0.25) is 0 Å². The lowest BCUT2D eigenvalue weighted by Gasteiger charge is -2.20. The molecule has 3 heteroatoms. The smallest absolute Gasteiger partial charge is 0.146 e. The second kappa shape index (κ2) is 7.28. The predicted molar refractivity (Wildman–Crippen MR) is 72.0 cm³/mol. The zero-order valence-corrected chi connectivity index (χ0v) is 11.0. The monoisotopic (exact) mass is 238 g/mol. The first-order valence-corrected chi connectivity index (χ1v) is 6.27. The Morgan fingerprint density at radius 3 is 2.59 bits per heavy atom. The van der Waals surface area contributed by atoms with Crippen molar-refractivity contribution in [1.82, 2.24) is 5.32 Å². The van der Waals surface area contributed by atoms with Crippen LogP contribution in [0.3, 0.4) is 0 Å². The Morgan fingerprint density at radius 2 is 1.94 bits per heavy atom. The second-order valence-electron chi connectivity index (χ2n) is 4.81. The van der Waals surface area contributed by atoms with Gasteiger partial charge < -0.3 is 10.2 Å². The third-order valence-electron chi connectivity index (χ3n) is 2.79. The van der Waals surface area contributed by atoms with Crippen molar-refractivity contribution in [1.29, 1.82) is 0 Å². The highest BCUT2D eigenvalue weighted by Crippen LogP contribution is 2.16. The number of nitrogens with zero attached hydrogens (tertiary/aromatic N) is 1. The fourth-order valence-corrected chi connectivity index (χ4v) is 1.64. The summed E-state index contributed by atoms with van der Waals surface area (Å²) in [5.74, 6) is 0.573. The lowest BCUT2D eigenvalue weighted by molar-refractivity contribution is 0.538. The van der Waals surface area contributed by atoms with Crippen LogP contribution in [0, 0.1) is 11.7 Å². The highest BCUT2D eigenvalue weighted by molar-refractivity contribution is 5.46. The number of nitrogens with one attached hydrogen (secondary N) is 1. The van der Waals surface area contributed by atoms with E-state index >= 15 is 0 Å². The molecule has 96 valence electrons. The van der Waals surface area contributed by atoms with Gasteiger partial charge in [0, 0.05) is 20.1 Å². The number of halogens is 1. The molecule has 0 aliphatic carbocycles. The number of hydrogen-bond donors (Lipinski definition) is 1. The molecule has 17 heavy (non-hydrogen) atoms. The van der Waals surface area contributed by atoms with Gasteiger partial charge in [-0.25, -0.2) is 4.39 Å². The topological polar surface area (TPSA) is 15.3 Å². The number of anilines is 1. The van der Waals surface area contributed by atoms with Gasteiger partial charge in [0.25, 0.3) is 0 Å². The van der Waals surface area contributed by atoms with E-state index in [2.05, 4.69) is 19.2 Å². The molecule has 0 aliphatic rings. The zero-order valence-electron chi connectivity index (χ0n) is 11.0. The fraction of sp³-hybridized carbons (Fsp3) is 0.571. The van der Waals surface area contributed by atoms with E-state index in [0.717, 1.165) is 25.6 Å². The Hall–Kier alpha value is -1.09. The van der Waals surface area contributed by atoms with Gasteiger partial charge in [-0.1, -0.05) is 26.0 Å². The molecule has 1 rings (SSSR count). The maximum Gasteiger partial charge on any atom is 0.146 e. The van der Waals surface area contributed by atoms with Crippen molar-refractivity contribution in [2.24, 2.45) is 5.92 Å². The van der Waals surface area contributed by atoms with Gasteiger partial charge in [0.15, 0.2) is 0 Å². The summed E-state index contributed by atoms with van der Waals surface area (Å²) in [7, 11) is 1.92. The Bertz CT molecular complexity index is 326. The number of rotatable bonds is 7. The van der Waals surface area contributed by atoms with Gasteiger partial charge in [-0.2, -0.15) is 0 Å². The van der Waals surface area contributed by atoms with Gasteiger partial charge in [-0.15, -0.1) is 0 Å². The van der Waals surface area contributed by atoms with E-state index < -0.39 is 0 Å². The summed E-state index contributed by atoms with van der Waals surface area (Å²) in [5, 5.41) is 3.37. The van der Waals surface area contributed by atoms with E-state index in [-0.39, 0.29) is 5.82 Å². The molecule has 0 radical (unpaired) electrons. The maximum absolute atomic E-state index is 13.5. The third kappa shape index (κ3) is 5.18. The summed E-state index contributed by atoms with van der Waals surface area (Å²) in [6.07, 6.45) is 1.18. The maximum atomic E-state index is 13.5. The molecule has 0 aliphatic heterocycles. The standard InChI is InChI=1S/C14H23FN2/c1-12(2)8-9-16-10-11-17(3)14-7-5-4-6-13(14)15/h4-7,12,16H,8-11H2,1-3H3. The molecule has 0 spiro atoms. The Morgan fingerprint density at radius 1 is 1.24 bits per heavy atom. The molecule has 0 saturated carbocycles.